The van der Waals surface area contributed by atoms with E-state index >= 15 is 0 Å². The summed E-state index contributed by atoms with van der Waals surface area (Å²) >= 11 is 3.31. The van der Waals surface area contributed by atoms with Gasteiger partial charge in [0.2, 0.25) is 0 Å². The van der Waals surface area contributed by atoms with Crippen LogP contribution in [0.2, 0.25) is 0 Å². The van der Waals surface area contributed by atoms with E-state index in [4.69, 9.17) is 10.00 Å². The third kappa shape index (κ3) is 2.98. The summed E-state index contributed by atoms with van der Waals surface area (Å²) in [6.45, 7) is 0. The normalized spacial score (nSPS) is 9.65. The van der Waals surface area contributed by atoms with Gasteiger partial charge in [-0.3, -0.25) is 4.79 Å². The second-order valence-corrected chi connectivity index (χ2v) is 4.87. The zero-order valence-electron chi connectivity index (χ0n) is 10.7. The average molecular weight is 331 g/mol. The number of benzene rings is 2. The van der Waals surface area contributed by atoms with E-state index in [1.165, 1.54) is 7.11 Å². The topological polar surface area (TPSA) is 62.1 Å². The Balaban J connectivity index is 2.32. The zero-order chi connectivity index (χ0) is 14.5. The van der Waals surface area contributed by atoms with Crippen molar-refractivity contribution < 1.29 is 9.53 Å². The molecule has 2 rings (SSSR count). The highest BCUT2D eigenvalue weighted by atomic mass is 79.9. The van der Waals surface area contributed by atoms with E-state index < -0.39 is 0 Å². The van der Waals surface area contributed by atoms with Crippen LogP contribution in [0.1, 0.15) is 15.9 Å². The van der Waals surface area contributed by atoms with E-state index in [-0.39, 0.29) is 5.91 Å². The molecule has 0 heterocycles. The third-order valence-corrected chi connectivity index (χ3v) is 3.24. The van der Waals surface area contributed by atoms with Crippen LogP contribution in [-0.4, -0.2) is 13.0 Å². The first-order chi connectivity index (χ1) is 9.65. The van der Waals surface area contributed by atoms with Crippen molar-refractivity contribution in [2.45, 2.75) is 0 Å². The molecule has 20 heavy (non-hydrogen) atoms. The Bertz CT molecular complexity index is 675. The highest BCUT2D eigenvalue weighted by molar-refractivity contribution is 9.10. The summed E-state index contributed by atoms with van der Waals surface area (Å²) in [5.41, 5.74) is 1.24. The lowest BCUT2D eigenvalue weighted by atomic mass is 10.1. The predicted molar refractivity (Wildman–Crippen MR) is 79.8 cm³/mol. The number of ether oxygens (including phenoxy) is 1. The quantitative estimate of drug-likeness (QED) is 0.935. The molecule has 0 aromatic heterocycles. The minimum atomic E-state index is -0.293. The number of carbonyl (C=O) groups is 1. The number of anilines is 1. The molecule has 2 aromatic carbocycles. The van der Waals surface area contributed by atoms with E-state index in [2.05, 4.69) is 21.2 Å². The molecule has 100 valence electrons. The Kier molecular flexibility index (Phi) is 4.38. The van der Waals surface area contributed by atoms with Crippen LogP contribution in [-0.2, 0) is 0 Å². The molecule has 0 aliphatic carbocycles. The summed E-state index contributed by atoms with van der Waals surface area (Å²) in [5, 5.41) is 11.8. The molecular weight excluding hydrogens is 320 g/mol. The second kappa shape index (κ2) is 6.22. The highest BCUT2D eigenvalue weighted by Crippen LogP contribution is 2.28. The maximum absolute atomic E-state index is 12.2. The molecule has 0 atom stereocenters. The fourth-order valence-corrected chi connectivity index (χ4v) is 1.97. The second-order valence-electron chi connectivity index (χ2n) is 3.96. The number of carbonyl (C=O) groups excluding carboxylic acids is 1. The number of methoxy groups -OCH3 is 1. The van der Waals surface area contributed by atoms with Crippen LogP contribution >= 0.6 is 15.9 Å². The van der Waals surface area contributed by atoms with Gasteiger partial charge in [-0.15, -0.1) is 0 Å². The first-order valence-electron chi connectivity index (χ1n) is 5.79. The minimum Gasteiger partial charge on any atom is -0.495 e. The summed E-state index contributed by atoms with van der Waals surface area (Å²) < 4.78 is 6.06. The molecule has 0 unspecified atom stereocenters. The lowest BCUT2D eigenvalue weighted by Crippen LogP contribution is -2.13. The van der Waals surface area contributed by atoms with Gasteiger partial charge < -0.3 is 10.1 Å². The number of rotatable bonds is 3. The van der Waals surface area contributed by atoms with Crippen molar-refractivity contribution in [3.8, 4) is 11.8 Å². The summed E-state index contributed by atoms with van der Waals surface area (Å²) in [5.74, 6) is 0.160. The number of nitriles is 1. The van der Waals surface area contributed by atoms with E-state index in [0.717, 1.165) is 4.47 Å². The Morgan fingerprint density at radius 3 is 2.55 bits per heavy atom. The smallest absolute Gasteiger partial charge is 0.255 e. The van der Waals surface area contributed by atoms with Gasteiger partial charge in [-0.25, -0.2) is 0 Å². The van der Waals surface area contributed by atoms with Gasteiger partial charge in [0.25, 0.3) is 5.91 Å². The number of hydrogen-bond donors (Lipinski definition) is 1. The van der Waals surface area contributed by atoms with Gasteiger partial charge in [0.05, 0.1) is 12.7 Å². The van der Waals surface area contributed by atoms with Gasteiger partial charge in [-0.1, -0.05) is 22.0 Å². The van der Waals surface area contributed by atoms with E-state index in [9.17, 15) is 4.79 Å². The van der Waals surface area contributed by atoms with Crippen LogP contribution in [0, 0.1) is 11.3 Å². The Morgan fingerprint density at radius 2 is 1.95 bits per heavy atom. The summed E-state index contributed by atoms with van der Waals surface area (Å²) in [7, 11) is 1.49. The molecule has 1 amide bonds. The number of hydrogen-bond acceptors (Lipinski definition) is 3. The van der Waals surface area contributed by atoms with Crippen molar-refractivity contribution in [1.29, 1.82) is 5.26 Å². The number of amides is 1. The molecule has 0 radical (unpaired) electrons. The molecule has 0 spiro atoms. The molecule has 0 saturated carbocycles. The largest absolute Gasteiger partial charge is 0.495 e. The van der Waals surface area contributed by atoms with Crippen LogP contribution < -0.4 is 10.1 Å². The maximum atomic E-state index is 12.2. The van der Waals surface area contributed by atoms with E-state index in [1.54, 1.807) is 42.5 Å². The molecule has 0 bridgehead atoms. The Labute approximate surface area is 125 Å². The summed E-state index contributed by atoms with van der Waals surface area (Å²) in [6, 6.07) is 14.0. The van der Waals surface area contributed by atoms with Crippen molar-refractivity contribution in [2.75, 3.05) is 12.4 Å². The fraction of sp³-hybridized carbons (Fsp3) is 0.0667. The monoisotopic (exact) mass is 330 g/mol. The van der Waals surface area contributed by atoms with Crippen molar-refractivity contribution in [3.63, 3.8) is 0 Å². The van der Waals surface area contributed by atoms with Gasteiger partial charge in [-0.05, 0) is 36.4 Å². The van der Waals surface area contributed by atoms with Gasteiger partial charge in [-0.2, -0.15) is 5.26 Å². The molecular formula is C15H11BrN2O2. The number of nitrogens with zero attached hydrogens (tertiary/aromatic N) is 1. The van der Waals surface area contributed by atoms with Crippen LogP contribution in [0.3, 0.4) is 0 Å². The lowest BCUT2D eigenvalue weighted by molar-refractivity contribution is 0.102. The summed E-state index contributed by atoms with van der Waals surface area (Å²) in [4.78, 5) is 12.2. The fourth-order valence-electron chi connectivity index (χ4n) is 1.71. The molecule has 0 fully saturated rings. The van der Waals surface area contributed by atoms with Crippen LogP contribution in [0.4, 0.5) is 5.69 Å². The first kappa shape index (κ1) is 14.1. The molecule has 5 heteroatoms. The molecule has 0 aliphatic rings. The van der Waals surface area contributed by atoms with Gasteiger partial charge in [0, 0.05) is 10.0 Å². The van der Waals surface area contributed by atoms with Crippen molar-refractivity contribution in [1.82, 2.24) is 0 Å². The van der Waals surface area contributed by atoms with E-state index in [0.29, 0.717) is 22.6 Å². The highest BCUT2D eigenvalue weighted by Gasteiger charge is 2.13. The van der Waals surface area contributed by atoms with Crippen molar-refractivity contribution in [2.24, 2.45) is 0 Å². The van der Waals surface area contributed by atoms with Crippen molar-refractivity contribution in [3.05, 3.63) is 58.1 Å². The van der Waals surface area contributed by atoms with E-state index in [1.807, 2.05) is 6.07 Å². The molecule has 1 N–H and O–H groups in total. The van der Waals surface area contributed by atoms with Gasteiger partial charge in [0.15, 0.2) is 0 Å². The van der Waals surface area contributed by atoms with Gasteiger partial charge in [0.1, 0.15) is 17.5 Å². The Hall–Kier alpha value is -2.32. The molecule has 0 aliphatic heterocycles. The number of para-hydroxylation sites is 1. The standard InChI is InChI=1S/C15H11BrN2O2/c1-20-13-4-2-3-11(9-17)14(13)18-15(19)10-5-7-12(16)8-6-10/h2-8H,1H3,(H,18,19). The first-order valence-corrected chi connectivity index (χ1v) is 6.59. The molecule has 4 nitrogen and oxygen atoms in total. The van der Waals surface area contributed by atoms with Crippen LogP contribution in [0.25, 0.3) is 0 Å². The maximum Gasteiger partial charge on any atom is 0.255 e. The number of nitrogens with one attached hydrogen (secondary N) is 1. The minimum absolute atomic E-state index is 0.293. The SMILES string of the molecule is COc1cccc(C#N)c1NC(=O)c1ccc(Br)cc1. The van der Waals surface area contributed by atoms with Crippen LogP contribution in [0.15, 0.2) is 46.9 Å². The zero-order valence-corrected chi connectivity index (χ0v) is 12.3. The molecule has 2 aromatic rings. The lowest BCUT2D eigenvalue weighted by Gasteiger charge is -2.11. The predicted octanol–water partition coefficient (Wildman–Crippen LogP) is 3.58. The number of halogens is 1. The summed E-state index contributed by atoms with van der Waals surface area (Å²) in [6.07, 6.45) is 0. The van der Waals surface area contributed by atoms with Crippen molar-refractivity contribution >= 4 is 27.5 Å². The Morgan fingerprint density at radius 1 is 1.25 bits per heavy atom. The van der Waals surface area contributed by atoms with Crippen LogP contribution in [0.5, 0.6) is 5.75 Å². The average Bonchev–Trinajstić information content (AvgIpc) is 2.48. The third-order valence-electron chi connectivity index (χ3n) is 2.71. The molecule has 0 saturated heterocycles. The van der Waals surface area contributed by atoms with Gasteiger partial charge >= 0.3 is 0 Å².